The maximum absolute atomic E-state index is 11.4. The Balaban J connectivity index is 3.23. The molecule has 1 unspecified atom stereocenters. The van der Waals surface area contributed by atoms with Crippen molar-refractivity contribution in [2.24, 2.45) is 0 Å². The van der Waals surface area contributed by atoms with Crippen LogP contribution in [0.2, 0.25) is 0 Å². The van der Waals surface area contributed by atoms with E-state index in [-0.39, 0.29) is 13.2 Å². The van der Waals surface area contributed by atoms with Crippen molar-refractivity contribution >= 4 is 6.09 Å². The molecule has 0 radical (unpaired) electrons. The molecule has 0 aromatic carbocycles. The minimum atomic E-state index is -0.442. The number of hydrogen-bond acceptors (Lipinski definition) is 4. The van der Waals surface area contributed by atoms with E-state index in [9.17, 15) is 4.79 Å². The Hall–Kier alpha value is -0.810. The Kier molecular flexibility index (Phi) is 15.9. The first kappa shape index (κ1) is 21.2. The zero-order valence-electron chi connectivity index (χ0n) is 14.4. The summed E-state index contributed by atoms with van der Waals surface area (Å²) in [6.45, 7) is 2.82. The van der Waals surface area contributed by atoms with E-state index in [4.69, 9.17) is 14.6 Å². The van der Waals surface area contributed by atoms with Gasteiger partial charge in [0.1, 0.15) is 12.7 Å². The van der Waals surface area contributed by atoms with E-state index in [1.165, 1.54) is 58.5 Å². The molecule has 5 heteroatoms. The first-order valence-electron chi connectivity index (χ1n) is 8.78. The van der Waals surface area contributed by atoms with Crippen molar-refractivity contribution in [3.8, 4) is 0 Å². The van der Waals surface area contributed by atoms with Crippen LogP contribution < -0.4 is 5.32 Å². The summed E-state index contributed by atoms with van der Waals surface area (Å²) in [5, 5.41) is 11.6. The van der Waals surface area contributed by atoms with Crippen molar-refractivity contribution in [1.82, 2.24) is 5.32 Å². The van der Waals surface area contributed by atoms with Gasteiger partial charge in [0.25, 0.3) is 0 Å². The van der Waals surface area contributed by atoms with Crippen molar-refractivity contribution in [3.63, 3.8) is 0 Å². The van der Waals surface area contributed by atoms with Gasteiger partial charge in [-0.1, -0.05) is 64.7 Å². The van der Waals surface area contributed by atoms with Crippen molar-refractivity contribution in [2.45, 2.75) is 77.2 Å². The first-order chi connectivity index (χ1) is 10.7. The zero-order chi connectivity index (χ0) is 16.5. The predicted octanol–water partition coefficient (Wildman–Crippen LogP) is 3.64. The first-order valence-corrected chi connectivity index (χ1v) is 8.78. The van der Waals surface area contributed by atoms with Gasteiger partial charge in [0.2, 0.25) is 0 Å². The van der Waals surface area contributed by atoms with Crippen LogP contribution in [0.25, 0.3) is 0 Å². The van der Waals surface area contributed by atoms with Crippen molar-refractivity contribution in [1.29, 1.82) is 0 Å². The van der Waals surface area contributed by atoms with Gasteiger partial charge in [0.15, 0.2) is 0 Å². The summed E-state index contributed by atoms with van der Waals surface area (Å²) in [7, 11) is 1.48. The quantitative estimate of drug-likeness (QED) is 0.452. The standard InChI is InChI=1S/C17H35NO4/c1-3-4-5-6-7-8-9-10-11-12-13-18-17(20)22-15-16(14-19)21-2/h16,19H,3-15H2,1-2H3,(H,18,20). The van der Waals surface area contributed by atoms with Crippen LogP contribution in [0.4, 0.5) is 4.79 Å². The maximum Gasteiger partial charge on any atom is 0.407 e. The number of nitrogens with one attached hydrogen (secondary N) is 1. The number of rotatable bonds is 15. The molecule has 1 atom stereocenters. The van der Waals surface area contributed by atoms with Gasteiger partial charge >= 0.3 is 6.09 Å². The van der Waals surface area contributed by atoms with Crippen molar-refractivity contribution < 1.29 is 19.4 Å². The van der Waals surface area contributed by atoms with Gasteiger partial charge in [-0.15, -0.1) is 0 Å². The second-order valence-electron chi connectivity index (χ2n) is 5.75. The Morgan fingerprint density at radius 1 is 1.00 bits per heavy atom. The van der Waals surface area contributed by atoms with E-state index >= 15 is 0 Å². The largest absolute Gasteiger partial charge is 0.447 e. The van der Waals surface area contributed by atoms with Gasteiger partial charge in [-0.05, 0) is 6.42 Å². The highest BCUT2D eigenvalue weighted by Crippen LogP contribution is 2.10. The van der Waals surface area contributed by atoms with E-state index < -0.39 is 12.2 Å². The van der Waals surface area contributed by atoms with Crippen LogP contribution in [0.3, 0.4) is 0 Å². The van der Waals surface area contributed by atoms with Crippen LogP contribution in [0, 0.1) is 0 Å². The van der Waals surface area contributed by atoms with Gasteiger partial charge in [0, 0.05) is 13.7 Å². The molecule has 0 heterocycles. The minimum absolute atomic E-state index is 0.0802. The molecule has 0 aliphatic carbocycles. The third-order valence-electron chi connectivity index (χ3n) is 3.74. The van der Waals surface area contributed by atoms with E-state index in [2.05, 4.69) is 12.2 Å². The monoisotopic (exact) mass is 317 g/mol. The number of carbonyl (C=O) groups is 1. The Morgan fingerprint density at radius 2 is 1.55 bits per heavy atom. The highest BCUT2D eigenvalue weighted by atomic mass is 16.6. The average molecular weight is 317 g/mol. The summed E-state index contributed by atoms with van der Waals surface area (Å²) in [6.07, 6.45) is 11.9. The summed E-state index contributed by atoms with van der Waals surface area (Å²) in [5.41, 5.74) is 0. The molecule has 132 valence electrons. The van der Waals surface area contributed by atoms with Crippen LogP contribution in [0.15, 0.2) is 0 Å². The highest BCUT2D eigenvalue weighted by molar-refractivity contribution is 5.67. The zero-order valence-corrected chi connectivity index (χ0v) is 14.4. The lowest BCUT2D eigenvalue weighted by molar-refractivity contribution is 0.00177. The molecule has 22 heavy (non-hydrogen) atoms. The van der Waals surface area contributed by atoms with E-state index in [0.717, 1.165) is 12.8 Å². The fourth-order valence-corrected chi connectivity index (χ4v) is 2.22. The number of aliphatic hydroxyl groups is 1. The van der Waals surface area contributed by atoms with Crippen molar-refractivity contribution in [2.75, 3.05) is 26.9 Å². The van der Waals surface area contributed by atoms with E-state index in [1.54, 1.807) is 0 Å². The second-order valence-corrected chi connectivity index (χ2v) is 5.75. The lowest BCUT2D eigenvalue weighted by atomic mass is 10.1. The molecule has 0 aromatic heterocycles. The average Bonchev–Trinajstić information content (AvgIpc) is 2.53. The van der Waals surface area contributed by atoms with Crippen LogP contribution in [-0.4, -0.2) is 44.2 Å². The third kappa shape index (κ3) is 14.1. The lowest BCUT2D eigenvalue weighted by Crippen LogP contribution is -2.30. The predicted molar refractivity (Wildman–Crippen MR) is 89.1 cm³/mol. The molecular formula is C17H35NO4. The van der Waals surface area contributed by atoms with Gasteiger partial charge < -0.3 is 19.9 Å². The van der Waals surface area contributed by atoms with Gasteiger partial charge in [-0.25, -0.2) is 4.79 Å². The van der Waals surface area contributed by atoms with Crippen LogP contribution in [-0.2, 0) is 9.47 Å². The van der Waals surface area contributed by atoms with Crippen LogP contribution >= 0.6 is 0 Å². The Bertz CT molecular complexity index is 245. The maximum atomic E-state index is 11.4. The number of carbonyl (C=O) groups excluding carboxylic acids is 1. The lowest BCUT2D eigenvalue weighted by Gasteiger charge is -2.12. The Morgan fingerprint density at radius 3 is 2.05 bits per heavy atom. The molecule has 0 bridgehead atoms. The third-order valence-corrected chi connectivity index (χ3v) is 3.74. The highest BCUT2D eigenvalue weighted by Gasteiger charge is 2.08. The summed E-state index contributed by atoms with van der Waals surface area (Å²) >= 11 is 0. The molecule has 2 N–H and O–H groups in total. The number of aliphatic hydroxyl groups excluding tert-OH is 1. The molecule has 1 amide bonds. The topological polar surface area (TPSA) is 67.8 Å². The van der Waals surface area contributed by atoms with Crippen LogP contribution in [0.5, 0.6) is 0 Å². The SMILES string of the molecule is CCCCCCCCCCCCNC(=O)OCC(CO)OC. The van der Waals surface area contributed by atoms with Crippen LogP contribution in [0.1, 0.15) is 71.1 Å². The second kappa shape index (κ2) is 16.6. The molecule has 0 rings (SSSR count). The molecular weight excluding hydrogens is 282 g/mol. The minimum Gasteiger partial charge on any atom is -0.447 e. The molecule has 0 saturated heterocycles. The molecule has 0 aliphatic rings. The molecule has 5 nitrogen and oxygen atoms in total. The van der Waals surface area contributed by atoms with Gasteiger partial charge in [-0.3, -0.25) is 0 Å². The molecule has 0 saturated carbocycles. The van der Waals surface area contributed by atoms with E-state index in [1.807, 2.05) is 0 Å². The number of methoxy groups -OCH3 is 1. The fraction of sp³-hybridized carbons (Fsp3) is 0.941. The number of amides is 1. The number of unbranched alkanes of at least 4 members (excludes halogenated alkanes) is 9. The number of ether oxygens (including phenoxy) is 2. The Labute approximate surface area is 135 Å². The molecule has 0 aliphatic heterocycles. The smallest absolute Gasteiger partial charge is 0.407 e. The number of hydrogen-bond donors (Lipinski definition) is 2. The molecule has 0 aromatic rings. The van der Waals surface area contributed by atoms with Gasteiger partial charge in [-0.2, -0.15) is 0 Å². The number of alkyl carbamates (subject to hydrolysis) is 1. The normalized spacial score (nSPS) is 12.1. The summed E-state index contributed by atoms with van der Waals surface area (Å²) in [4.78, 5) is 11.4. The molecule has 0 spiro atoms. The summed E-state index contributed by atoms with van der Waals surface area (Å²) < 4.78 is 9.85. The summed E-state index contributed by atoms with van der Waals surface area (Å²) in [6, 6.07) is 0. The fourth-order valence-electron chi connectivity index (χ4n) is 2.22. The van der Waals surface area contributed by atoms with Gasteiger partial charge in [0.05, 0.1) is 6.61 Å². The summed E-state index contributed by atoms with van der Waals surface area (Å²) in [5.74, 6) is 0. The van der Waals surface area contributed by atoms with Crippen molar-refractivity contribution in [3.05, 3.63) is 0 Å². The van der Waals surface area contributed by atoms with E-state index in [0.29, 0.717) is 6.54 Å². The molecule has 0 fully saturated rings.